The molecule has 27 heavy (non-hydrogen) atoms. The Hall–Kier alpha value is -1.79. The van der Waals surface area contributed by atoms with E-state index < -0.39 is 26.8 Å². The molecule has 11 heteroatoms. The summed E-state index contributed by atoms with van der Waals surface area (Å²) in [7, 11) is -3.94. The lowest BCUT2D eigenvalue weighted by molar-refractivity contribution is -0.150. The number of carbonyl (C=O) groups excluding carboxylic acids is 1. The van der Waals surface area contributed by atoms with Crippen LogP contribution in [0.5, 0.6) is 5.75 Å². The number of carbonyl (C=O) groups is 1. The molecular weight excluding hydrogens is 376 g/mol. The minimum Gasteiger partial charge on any atom is -0.489 e. The van der Waals surface area contributed by atoms with E-state index in [1.165, 1.54) is 9.79 Å². The first-order chi connectivity index (χ1) is 12.9. The number of hydroxylamine groups is 1. The first kappa shape index (κ1) is 20.0. The number of pyridine rings is 1. The van der Waals surface area contributed by atoms with E-state index in [0.717, 1.165) is 0 Å². The van der Waals surface area contributed by atoms with Gasteiger partial charge in [0.2, 0.25) is 10.0 Å². The van der Waals surface area contributed by atoms with Gasteiger partial charge in [0.15, 0.2) is 5.60 Å². The molecule has 2 aliphatic heterocycles. The highest BCUT2D eigenvalue weighted by molar-refractivity contribution is 7.89. The largest absolute Gasteiger partial charge is 0.489 e. The number of amides is 1. The van der Waals surface area contributed by atoms with Crippen molar-refractivity contribution in [2.45, 2.75) is 36.2 Å². The van der Waals surface area contributed by atoms with Gasteiger partial charge < -0.3 is 15.2 Å². The second-order valence-electron chi connectivity index (χ2n) is 6.77. The molecule has 0 spiro atoms. The third kappa shape index (κ3) is 4.06. The zero-order valence-electron chi connectivity index (χ0n) is 14.7. The van der Waals surface area contributed by atoms with Gasteiger partial charge in [-0.15, -0.1) is 0 Å². The number of hydrogen-bond acceptors (Lipinski definition) is 8. The predicted octanol–water partition coefficient (Wildman–Crippen LogP) is -1.15. The van der Waals surface area contributed by atoms with Gasteiger partial charge in [-0.1, -0.05) is 0 Å². The van der Waals surface area contributed by atoms with E-state index in [-0.39, 0.29) is 32.2 Å². The van der Waals surface area contributed by atoms with Crippen LogP contribution in [0.1, 0.15) is 19.3 Å². The third-order valence-electron chi connectivity index (χ3n) is 5.06. The van der Waals surface area contributed by atoms with E-state index in [2.05, 4.69) is 10.3 Å². The molecule has 2 atom stereocenters. The molecule has 0 radical (unpaired) electrons. The SMILES string of the molecule is O=C(NO)C1(O)CNCCC1S(=O)(=O)N1CCC(Oc2cccnc2)CC1. The maximum Gasteiger partial charge on any atom is 0.278 e. The first-order valence-electron chi connectivity index (χ1n) is 8.81. The van der Waals surface area contributed by atoms with Crippen molar-refractivity contribution in [1.82, 2.24) is 20.1 Å². The maximum atomic E-state index is 13.1. The zero-order valence-corrected chi connectivity index (χ0v) is 15.6. The Balaban J connectivity index is 1.68. The molecule has 1 amide bonds. The lowest BCUT2D eigenvalue weighted by Crippen LogP contribution is -2.67. The van der Waals surface area contributed by atoms with Crippen LogP contribution < -0.4 is 15.5 Å². The fourth-order valence-electron chi connectivity index (χ4n) is 3.58. The molecule has 4 N–H and O–H groups in total. The van der Waals surface area contributed by atoms with Crippen LogP contribution in [0.25, 0.3) is 0 Å². The lowest BCUT2D eigenvalue weighted by Gasteiger charge is -2.41. The molecule has 1 aromatic rings. The number of hydrogen-bond donors (Lipinski definition) is 4. The quantitative estimate of drug-likeness (QED) is 0.359. The van der Waals surface area contributed by atoms with Gasteiger partial charge in [0.05, 0.1) is 6.20 Å². The predicted molar refractivity (Wildman–Crippen MR) is 94.5 cm³/mol. The summed E-state index contributed by atoms with van der Waals surface area (Å²) in [6.45, 7) is 0.567. The summed E-state index contributed by atoms with van der Waals surface area (Å²) in [6, 6.07) is 3.55. The molecule has 0 aliphatic carbocycles. The topological polar surface area (TPSA) is 141 Å². The highest BCUT2D eigenvalue weighted by atomic mass is 32.2. The highest BCUT2D eigenvalue weighted by Gasteiger charge is 2.54. The summed E-state index contributed by atoms with van der Waals surface area (Å²) in [5.74, 6) is -0.496. The molecule has 3 heterocycles. The molecule has 2 fully saturated rings. The minimum atomic E-state index is -3.94. The molecule has 2 saturated heterocycles. The van der Waals surface area contributed by atoms with Gasteiger partial charge in [-0.25, -0.2) is 18.2 Å². The van der Waals surface area contributed by atoms with Gasteiger partial charge in [-0.2, -0.15) is 0 Å². The summed E-state index contributed by atoms with van der Waals surface area (Å²) in [5.41, 5.74) is -0.851. The summed E-state index contributed by atoms with van der Waals surface area (Å²) in [5, 5.41) is 21.0. The van der Waals surface area contributed by atoms with Crippen molar-refractivity contribution in [2.24, 2.45) is 0 Å². The van der Waals surface area contributed by atoms with Crippen LogP contribution in [-0.4, -0.2) is 77.1 Å². The summed E-state index contributed by atoms with van der Waals surface area (Å²) in [4.78, 5) is 15.9. The second kappa shape index (κ2) is 8.07. The number of β-amino-alcohol motifs (C(OH)–C–C–N with tert-alkyl or cyclic N) is 1. The van der Waals surface area contributed by atoms with E-state index in [1.54, 1.807) is 24.5 Å². The Labute approximate surface area is 157 Å². The fourth-order valence-corrected chi connectivity index (χ4v) is 5.76. The van der Waals surface area contributed by atoms with E-state index in [4.69, 9.17) is 9.94 Å². The molecule has 0 aromatic carbocycles. The van der Waals surface area contributed by atoms with E-state index >= 15 is 0 Å². The van der Waals surface area contributed by atoms with Crippen molar-refractivity contribution >= 4 is 15.9 Å². The molecule has 0 saturated carbocycles. The van der Waals surface area contributed by atoms with Crippen molar-refractivity contribution in [2.75, 3.05) is 26.2 Å². The van der Waals surface area contributed by atoms with Crippen molar-refractivity contribution in [3.8, 4) is 5.75 Å². The Morgan fingerprint density at radius 1 is 1.37 bits per heavy atom. The normalized spacial score (nSPS) is 27.9. The van der Waals surface area contributed by atoms with Gasteiger partial charge in [0.25, 0.3) is 5.91 Å². The Kier molecular flexibility index (Phi) is 5.96. The van der Waals surface area contributed by atoms with Crippen molar-refractivity contribution in [1.29, 1.82) is 0 Å². The number of nitrogens with zero attached hydrogens (tertiary/aromatic N) is 2. The van der Waals surface area contributed by atoms with Crippen LogP contribution in [0.3, 0.4) is 0 Å². The Bertz CT molecular complexity index is 753. The van der Waals surface area contributed by atoms with E-state index in [9.17, 15) is 18.3 Å². The average Bonchev–Trinajstić information content (AvgIpc) is 2.68. The number of aromatic nitrogens is 1. The van der Waals surface area contributed by atoms with Crippen LogP contribution in [0.15, 0.2) is 24.5 Å². The molecule has 2 aliphatic rings. The minimum absolute atomic E-state index is 0.0678. The molecule has 2 unspecified atom stereocenters. The smallest absolute Gasteiger partial charge is 0.278 e. The van der Waals surface area contributed by atoms with Crippen molar-refractivity contribution in [3.63, 3.8) is 0 Å². The summed E-state index contributed by atoms with van der Waals surface area (Å²) < 4.78 is 33.2. The monoisotopic (exact) mass is 400 g/mol. The van der Waals surface area contributed by atoms with E-state index in [0.29, 0.717) is 25.1 Å². The molecular formula is C16H24N4O6S. The van der Waals surface area contributed by atoms with Crippen LogP contribution in [-0.2, 0) is 14.8 Å². The Morgan fingerprint density at radius 3 is 2.74 bits per heavy atom. The number of nitrogens with one attached hydrogen (secondary N) is 2. The number of aliphatic hydroxyl groups is 1. The van der Waals surface area contributed by atoms with Crippen LogP contribution in [0.4, 0.5) is 0 Å². The number of ether oxygens (including phenoxy) is 1. The first-order valence-corrected chi connectivity index (χ1v) is 10.3. The summed E-state index contributed by atoms with van der Waals surface area (Å²) in [6.07, 6.45) is 4.16. The number of rotatable bonds is 5. The third-order valence-corrected chi connectivity index (χ3v) is 7.49. The average molecular weight is 400 g/mol. The standard InChI is InChI=1S/C16H24N4O6S/c21-15(19-23)16(22)11-18-7-3-14(16)27(24,25)20-8-4-12(5-9-20)26-13-2-1-6-17-10-13/h1-2,6,10,12,14,18,22-23H,3-5,7-9,11H2,(H,19,21). The fraction of sp³-hybridized carbons (Fsp3) is 0.625. The van der Waals surface area contributed by atoms with Crippen LogP contribution >= 0.6 is 0 Å². The highest BCUT2D eigenvalue weighted by Crippen LogP contribution is 2.29. The van der Waals surface area contributed by atoms with Gasteiger partial charge in [0.1, 0.15) is 17.1 Å². The lowest BCUT2D eigenvalue weighted by atomic mass is 9.93. The van der Waals surface area contributed by atoms with Crippen molar-refractivity contribution < 1.29 is 28.3 Å². The molecule has 1 aromatic heterocycles. The van der Waals surface area contributed by atoms with Gasteiger partial charge in [-0.3, -0.25) is 15.0 Å². The van der Waals surface area contributed by atoms with E-state index in [1.807, 2.05) is 0 Å². The van der Waals surface area contributed by atoms with Gasteiger partial charge in [0, 0.05) is 25.8 Å². The number of sulfonamides is 1. The molecule has 3 rings (SSSR count). The maximum absolute atomic E-state index is 13.1. The van der Waals surface area contributed by atoms with Gasteiger partial charge in [-0.05, 0) is 37.9 Å². The molecule has 0 bridgehead atoms. The van der Waals surface area contributed by atoms with Gasteiger partial charge >= 0.3 is 0 Å². The second-order valence-corrected chi connectivity index (χ2v) is 8.88. The van der Waals surface area contributed by atoms with Crippen LogP contribution in [0.2, 0.25) is 0 Å². The van der Waals surface area contributed by atoms with Crippen molar-refractivity contribution in [3.05, 3.63) is 24.5 Å². The summed E-state index contributed by atoms with van der Waals surface area (Å²) >= 11 is 0. The van der Waals surface area contributed by atoms with Crippen LogP contribution in [0, 0.1) is 0 Å². The Morgan fingerprint density at radius 2 is 2.11 bits per heavy atom. The zero-order chi connectivity index (χ0) is 19.5. The molecule has 150 valence electrons. The number of piperidine rings is 2. The molecule has 10 nitrogen and oxygen atoms in total.